The monoisotopic (exact) mass is 513 g/mol. The summed E-state index contributed by atoms with van der Waals surface area (Å²) in [6.45, 7) is 0.268. The van der Waals surface area contributed by atoms with Crippen molar-refractivity contribution in [3.8, 4) is 11.5 Å². The largest absolute Gasteiger partial charge is 0.492 e. The minimum atomic E-state index is -0.555. The third kappa shape index (κ3) is 5.99. The molecule has 3 aromatic rings. The number of hydrogen-bond acceptors (Lipinski definition) is 6. The Morgan fingerprint density at radius 3 is 2.44 bits per heavy atom. The molecule has 0 radical (unpaired) electrons. The van der Waals surface area contributed by atoms with Crippen LogP contribution in [0.2, 0.25) is 10.0 Å². The smallest absolute Gasteiger partial charge is 0.343 e. The molecule has 1 aliphatic rings. The summed E-state index contributed by atoms with van der Waals surface area (Å²) in [5.41, 5.74) is 0.930. The lowest BCUT2D eigenvalue weighted by atomic mass is 10.2. The number of amides is 2. The van der Waals surface area contributed by atoms with Gasteiger partial charge in [0.05, 0.1) is 17.0 Å². The van der Waals surface area contributed by atoms with E-state index in [0.29, 0.717) is 32.7 Å². The molecule has 9 heteroatoms. The molecule has 0 atom stereocenters. The van der Waals surface area contributed by atoms with Crippen LogP contribution in [0.3, 0.4) is 0 Å². The number of thioether (sulfide) groups is 1. The van der Waals surface area contributed by atoms with Crippen molar-refractivity contribution in [2.24, 2.45) is 0 Å². The van der Waals surface area contributed by atoms with Crippen LogP contribution in [0.15, 0.2) is 77.7 Å². The Hall–Kier alpha value is -3.26. The summed E-state index contributed by atoms with van der Waals surface area (Å²) < 4.78 is 11.0. The number of rotatable bonds is 7. The molecule has 0 spiro atoms. The van der Waals surface area contributed by atoms with Gasteiger partial charge in [-0.1, -0.05) is 41.4 Å². The Bertz CT molecular complexity index is 1280. The van der Waals surface area contributed by atoms with Crippen molar-refractivity contribution < 1.29 is 23.9 Å². The fourth-order valence-electron chi connectivity index (χ4n) is 3.08. The highest BCUT2D eigenvalue weighted by Crippen LogP contribution is 2.32. The number of imide groups is 1. The zero-order chi connectivity index (χ0) is 24.1. The maximum Gasteiger partial charge on any atom is 0.343 e. The Balaban J connectivity index is 1.39. The van der Waals surface area contributed by atoms with Crippen molar-refractivity contribution in [3.63, 3.8) is 0 Å². The van der Waals surface area contributed by atoms with Crippen LogP contribution in [0.5, 0.6) is 11.5 Å². The van der Waals surface area contributed by atoms with Gasteiger partial charge in [-0.2, -0.15) is 0 Å². The van der Waals surface area contributed by atoms with E-state index in [1.165, 1.54) is 6.07 Å². The molecular weight excluding hydrogens is 497 g/mol. The first-order valence-electron chi connectivity index (χ1n) is 10.1. The van der Waals surface area contributed by atoms with Gasteiger partial charge in [0, 0.05) is 10.0 Å². The van der Waals surface area contributed by atoms with Crippen LogP contribution in [-0.4, -0.2) is 35.2 Å². The standard InChI is InChI=1S/C25H17Cl2NO5S/c26-18-7-9-20(10-8-18)32-12-11-28-23(29)22(34-25(28)31)14-16-3-1-6-21(13-16)33-24(30)17-4-2-5-19(27)15-17/h1-10,13-15H,11-12H2/b22-14-. The number of esters is 1. The molecule has 0 N–H and O–H groups in total. The summed E-state index contributed by atoms with van der Waals surface area (Å²) in [6.07, 6.45) is 1.58. The molecule has 6 nitrogen and oxygen atoms in total. The highest BCUT2D eigenvalue weighted by atomic mass is 35.5. The number of nitrogens with zero attached hydrogens (tertiary/aromatic N) is 1. The maximum atomic E-state index is 12.7. The summed E-state index contributed by atoms with van der Waals surface area (Å²) in [7, 11) is 0. The highest BCUT2D eigenvalue weighted by molar-refractivity contribution is 8.18. The van der Waals surface area contributed by atoms with Crippen LogP contribution in [0.4, 0.5) is 4.79 Å². The van der Waals surface area contributed by atoms with Crippen LogP contribution >= 0.6 is 35.0 Å². The number of carbonyl (C=O) groups excluding carboxylic acids is 3. The van der Waals surface area contributed by atoms with Crippen LogP contribution < -0.4 is 9.47 Å². The van der Waals surface area contributed by atoms with E-state index in [1.54, 1.807) is 72.8 Å². The van der Waals surface area contributed by atoms with Crippen LogP contribution in [0.25, 0.3) is 6.08 Å². The molecule has 1 aliphatic heterocycles. The molecule has 3 aromatic carbocycles. The topological polar surface area (TPSA) is 72.9 Å². The first-order valence-corrected chi connectivity index (χ1v) is 11.7. The Morgan fingerprint density at radius 2 is 1.68 bits per heavy atom. The molecular formula is C25H17Cl2NO5S. The molecule has 0 unspecified atom stereocenters. The fraction of sp³-hybridized carbons (Fsp3) is 0.0800. The van der Waals surface area contributed by atoms with Gasteiger partial charge in [-0.3, -0.25) is 14.5 Å². The van der Waals surface area contributed by atoms with Crippen LogP contribution in [0, 0.1) is 0 Å². The van der Waals surface area contributed by atoms with E-state index in [9.17, 15) is 14.4 Å². The number of carbonyl (C=O) groups is 3. The lowest BCUT2D eigenvalue weighted by molar-refractivity contribution is -0.123. The third-order valence-corrected chi connectivity index (χ3v) is 6.09. The van der Waals surface area contributed by atoms with E-state index in [4.69, 9.17) is 32.7 Å². The Kier molecular flexibility index (Phi) is 7.57. The first kappa shape index (κ1) is 23.9. The van der Waals surface area contributed by atoms with Gasteiger partial charge in [-0.05, 0) is 78.0 Å². The van der Waals surface area contributed by atoms with E-state index in [-0.39, 0.29) is 23.3 Å². The van der Waals surface area contributed by atoms with E-state index in [0.717, 1.165) is 16.7 Å². The summed E-state index contributed by atoms with van der Waals surface area (Å²) >= 11 is 12.6. The predicted octanol–water partition coefficient (Wildman–Crippen LogP) is 6.33. The maximum absolute atomic E-state index is 12.7. The second-order valence-corrected chi connectivity index (χ2v) is 8.97. The molecule has 34 heavy (non-hydrogen) atoms. The van der Waals surface area contributed by atoms with Crippen molar-refractivity contribution in [1.82, 2.24) is 4.90 Å². The lowest BCUT2D eigenvalue weighted by Crippen LogP contribution is -2.32. The molecule has 0 aromatic heterocycles. The molecule has 172 valence electrons. The van der Waals surface area contributed by atoms with E-state index in [1.807, 2.05) is 0 Å². The molecule has 0 saturated carbocycles. The van der Waals surface area contributed by atoms with Gasteiger partial charge < -0.3 is 9.47 Å². The Morgan fingerprint density at radius 1 is 0.912 bits per heavy atom. The predicted molar refractivity (Wildman–Crippen MR) is 132 cm³/mol. The molecule has 1 saturated heterocycles. The van der Waals surface area contributed by atoms with Gasteiger partial charge in [0.2, 0.25) is 0 Å². The average Bonchev–Trinajstić information content (AvgIpc) is 3.08. The van der Waals surface area contributed by atoms with Gasteiger partial charge >= 0.3 is 5.97 Å². The van der Waals surface area contributed by atoms with Gasteiger partial charge in [0.1, 0.15) is 18.1 Å². The fourth-order valence-corrected chi connectivity index (χ4v) is 4.26. The minimum Gasteiger partial charge on any atom is -0.492 e. The Labute approximate surface area is 210 Å². The van der Waals surface area contributed by atoms with Crippen molar-refractivity contribution in [2.45, 2.75) is 0 Å². The first-order chi connectivity index (χ1) is 16.4. The molecule has 0 bridgehead atoms. The number of halogens is 2. The second-order valence-electron chi connectivity index (χ2n) is 7.11. The molecule has 1 heterocycles. The van der Waals surface area contributed by atoms with Gasteiger partial charge in [-0.25, -0.2) is 4.79 Å². The zero-order valence-corrected chi connectivity index (χ0v) is 19.9. The van der Waals surface area contributed by atoms with Crippen molar-refractivity contribution in [1.29, 1.82) is 0 Å². The van der Waals surface area contributed by atoms with E-state index in [2.05, 4.69) is 0 Å². The third-order valence-electron chi connectivity index (χ3n) is 4.70. The van der Waals surface area contributed by atoms with Gasteiger partial charge in [0.25, 0.3) is 11.1 Å². The molecule has 0 aliphatic carbocycles. The second kappa shape index (κ2) is 10.8. The summed E-state index contributed by atoms with van der Waals surface area (Å²) in [5, 5.41) is 0.642. The molecule has 4 rings (SSSR count). The normalized spacial score (nSPS) is 14.5. The lowest BCUT2D eigenvalue weighted by Gasteiger charge is -2.13. The number of benzene rings is 3. The average molecular weight is 514 g/mol. The van der Waals surface area contributed by atoms with Gasteiger partial charge in [0.15, 0.2) is 0 Å². The van der Waals surface area contributed by atoms with Crippen LogP contribution in [-0.2, 0) is 4.79 Å². The van der Waals surface area contributed by atoms with Crippen LogP contribution in [0.1, 0.15) is 15.9 Å². The SMILES string of the molecule is O=C(Oc1cccc(/C=C2\SC(=O)N(CCOc3ccc(Cl)cc3)C2=O)c1)c1cccc(Cl)c1. The quantitative estimate of drug-likeness (QED) is 0.209. The summed E-state index contributed by atoms with van der Waals surface area (Å²) in [4.78, 5) is 38.8. The van der Waals surface area contributed by atoms with E-state index >= 15 is 0 Å². The van der Waals surface area contributed by atoms with Gasteiger partial charge in [-0.15, -0.1) is 0 Å². The van der Waals surface area contributed by atoms with Crippen molar-refractivity contribution in [2.75, 3.05) is 13.2 Å². The molecule has 1 fully saturated rings. The van der Waals surface area contributed by atoms with Crippen molar-refractivity contribution in [3.05, 3.63) is 98.9 Å². The van der Waals surface area contributed by atoms with E-state index < -0.39 is 11.9 Å². The summed E-state index contributed by atoms with van der Waals surface area (Å²) in [6, 6.07) is 19.9. The minimum absolute atomic E-state index is 0.113. The number of hydrogen-bond donors (Lipinski definition) is 0. The number of ether oxygens (including phenoxy) is 2. The zero-order valence-electron chi connectivity index (χ0n) is 17.6. The molecule has 2 amide bonds. The summed E-state index contributed by atoms with van der Waals surface area (Å²) in [5.74, 6) is -0.0675. The van der Waals surface area contributed by atoms with Crippen molar-refractivity contribution >= 4 is 58.2 Å². The highest BCUT2D eigenvalue weighted by Gasteiger charge is 2.34.